The van der Waals surface area contributed by atoms with Gasteiger partial charge in [-0.05, 0) is 23.8 Å². The summed E-state index contributed by atoms with van der Waals surface area (Å²) in [6.07, 6.45) is 0. The van der Waals surface area contributed by atoms with Crippen LogP contribution in [0.1, 0.15) is 11.6 Å². The average Bonchev–Trinajstić information content (AvgIpc) is 2.14. The fourth-order valence-electron chi connectivity index (χ4n) is 1.02. The first-order valence-electron chi connectivity index (χ1n) is 3.84. The molecule has 1 rings (SSSR count). The summed E-state index contributed by atoms with van der Waals surface area (Å²) in [6.45, 7) is 0. The van der Waals surface area contributed by atoms with Crippen LogP contribution in [-0.4, -0.2) is 13.1 Å². The molecule has 0 amide bonds. The number of hydrogen-bond acceptors (Lipinski definition) is 3. The van der Waals surface area contributed by atoms with Crippen LogP contribution < -0.4 is 5.73 Å². The first-order chi connectivity index (χ1) is 6.54. The van der Waals surface area contributed by atoms with Gasteiger partial charge in [0, 0.05) is 9.50 Å². The van der Waals surface area contributed by atoms with Crippen LogP contribution in [-0.2, 0) is 9.53 Å². The summed E-state index contributed by atoms with van der Waals surface area (Å²) >= 11 is 9.06. The highest BCUT2D eigenvalue weighted by Crippen LogP contribution is 2.23. The molecule has 1 aromatic rings. The number of esters is 1. The molecule has 0 radical (unpaired) electrons. The van der Waals surface area contributed by atoms with E-state index in [1.807, 2.05) is 0 Å². The van der Waals surface area contributed by atoms with Crippen LogP contribution in [0.5, 0.6) is 0 Å². The van der Waals surface area contributed by atoms with Gasteiger partial charge in [0.05, 0.1) is 7.11 Å². The summed E-state index contributed by atoms with van der Waals surface area (Å²) in [5.41, 5.74) is 6.25. The van der Waals surface area contributed by atoms with Crippen molar-refractivity contribution >= 4 is 33.5 Å². The van der Waals surface area contributed by atoms with Gasteiger partial charge in [-0.2, -0.15) is 0 Å². The van der Waals surface area contributed by atoms with Crippen LogP contribution in [0, 0.1) is 0 Å². The lowest BCUT2D eigenvalue weighted by Gasteiger charge is -2.10. The van der Waals surface area contributed by atoms with Crippen LogP contribution >= 0.6 is 27.5 Å². The van der Waals surface area contributed by atoms with Crippen molar-refractivity contribution in [2.24, 2.45) is 5.73 Å². The number of rotatable bonds is 2. The minimum absolute atomic E-state index is 0.487. The quantitative estimate of drug-likeness (QED) is 0.844. The van der Waals surface area contributed by atoms with Gasteiger partial charge in [0.2, 0.25) is 0 Å². The van der Waals surface area contributed by atoms with Crippen molar-refractivity contribution < 1.29 is 9.53 Å². The molecule has 1 unspecified atom stereocenters. The molecule has 5 heteroatoms. The second-order valence-electron chi connectivity index (χ2n) is 2.70. The lowest BCUT2D eigenvalue weighted by Crippen LogP contribution is -2.22. The first-order valence-corrected chi connectivity index (χ1v) is 5.01. The summed E-state index contributed by atoms with van der Waals surface area (Å²) < 4.78 is 5.30. The molecule has 0 saturated heterocycles. The molecule has 0 spiro atoms. The number of ether oxygens (including phenoxy) is 1. The Morgan fingerprint density at radius 2 is 2.21 bits per heavy atom. The Kier molecular flexibility index (Phi) is 3.92. The summed E-state index contributed by atoms with van der Waals surface area (Å²) in [5, 5.41) is 0.522. The molecular weight excluding hydrogens is 269 g/mol. The fraction of sp³-hybridized carbons (Fsp3) is 0.222. The minimum atomic E-state index is -0.796. The van der Waals surface area contributed by atoms with Gasteiger partial charge in [-0.1, -0.05) is 27.5 Å². The molecule has 0 aromatic heterocycles. The Morgan fingerprint density at radius 3 is 2.71 bits per heavy atom. The van der Waals surface area contributed by atoms with Crippen molar-refractivity contribution in [3.63, 3.8) is 0 Å². The van der Waals surface area contributed by atoms with Gasteiger partial charge in [-0.25, -0.2) is 0 Å². The Morgan fingerprint density at radius 1 is 1.57 bits per heavy atom. The van der Waals surface area contributed by atoms with Gasteiger partial charge in [-0.3, -0.25) is 4.79 Å². The van der Waals surface area contributed by atoms with E-state index in [9.17, 15) is 4.79 Å². The third-order valence-electron chi connectivity index (χ3n) is 1.70. The monoisotopic (exact) mass is 277 g/mol. The number of carbonyl (C=O) groups excluding carboxylic acids is 1. The number of benzene rings is 1. The Hall–Kier alpha value is -0.580. The molecule has 0 saturated carbocycles. The highest BCUT2D eigenvalue weighted by Gasteiger charge is 2.16. The van der Waals surface area contributed by atoms with Gasteiger partial charge >= 0.3 is 5.97 Å². The van der Waals surface area contributed by atoms with Crippen molar-refractivity contribution in [3.8, 4) is 0 Å². The second kappa shape index (κ2) is 4.77. The highest BCUT2D eigenvalue weighted by molar-refractivity contribution is 9.10. The van der Waals surface area contributed by atoms with Gasteiger partial charge < -0.3 is 10.5 Å². The first kappa shape index (κ1) is 11.5. The van der Waals surface area contributed by atoms with Crippen molar-refractivity contribution in [1.82, 2.24) is 0 Å². The van der Waals surface area contributed by atoms with E-state index in [0.29, 0.717) is 10.6 Å². The predicted octanol–water partition coefficient (Wildman–Crippen LogP) is 2.28. The molecule has 2 N–H and O–H groups in total. The Labute approximate surface area is 95.3 Å². The maximum Gasteiger partial charge on any atom is 0.327 e. The van der Waals surface area contributed by atoms with E-state index in [2.05, 4.69) is 20.7 Å². The summed E-state index contributed by atoms with van der Waals surface area (Å²) in [5.74, 6) is -0.487. The Bertz CT molecular complexity index is 336. The van der Waals surface area contributed by atoms with Crippen molar-refractivity contribution in [3.05, 3.63) is 33.3 Å². The molecule has 1 aromatic carbocycles. The average molecular weight is 279 g/mol. The van der Waals surface area contributed by atoms with Crippen LogP contribution in [0.4, 0.5) is 0 Å². The molecule has 14 heavy (non-hydrogen) atoms. The Balaban J connectivity index is 3.00. The van der Waals surface area contributed by atoms with Gasteiger partial charge in [0.15, 0.2) is 0 Å². The molecule has 0 aliphatic rings. The zero-order valence-electron chi connectivity index (χ0n) is 7.46. The van der Waals surface area contributed by atoms with Gasteiger partial charge in [0.1, 0.15) is 6.04 Å². The molecule has 76 valence electrons. The summed E-state index contributed by atoms with van der Waals surface area (Å²) in [7, 11) is 1.29. The van der Waals surface area contributed by atoms with Crippen molar-refractivity contribution in [2.75, 3.05) is 7.11 Å². The van der Waals surface area contributed by atoms with Crippen LogP contribution in [0.2, 0.25) is 5.02 Å². The highest BCUT2D eigenvalue weighted by atomic mass is 79.9. The summed E-state index contributed by atoms with van der Waals surface area (Å²) in [4.78, 5) is 11.1. The minimum Gasteiger partial charge on any atom is -0.468 e. The third kappa shape index (κ3) is 2.70. The normalized spacial score (nSPS) is 12.3. The van der Waals surface area contributed by atoms with Gasteiger partial charge in [0.25, 0.3) is 0 Å². The smallest absolute Gasteiger partial charge is 0.327 e. The van der Waals surface area contributed by atoms with E-state index >= 15 is 0 Å². The third-order valence-corrected chi connectivity index (χ3v) is 2.38. The van der Waals surface area contributed by atoms with E-state index in [1.165, 1.54) is 7.11 Å². The zero-order chi connectivity index (χ0) is 10.7. The van der Waals surface area contributed by atoms with Crippen molar-refractivity contribution in [2.45, 2.75) is 6.04 Å². The lowest BCUT2D eigenvalue weighted by molar-refractivity contribution is -0.142. The molecule has 1 atom stereocenters. The molecule has 0 heterocycles. The molecule has 0 fully saturated rings. The standard InChI is InChI=1S/C9H9BrClNO2/c1-14-9(13)8(12)5-2-6(10)4-7(11)3-5/h2-4,8H,12H2,1H3. The fourth-order valence-corrected chi connectivity index (χ4v) is 1.90. The topological polar surface area (TPSA) is 52.3 Å². The summed E-state index contributed by atoms with van der Waals surface area (Å²) in [6, 6.07) is 4.28. The van der Waals surface area contributed by atoms with Crippen LogP contribution in [0.15, 0.2) is 22.7 Å². The van der Waals surface area contributed by atoms with Crippen LogP contribution in [0.25, 0.3) is 0 Å². The van der Waals surface area contributed by atoms with Gasteiger partial charge in [-0.15, -0.1) is 0 Å². The molecule has 0 bridgehead atoms. The largest absolute Gasteiger partial charge is 0.468 e. The maximum atomic E-state index is 11.1. The molecule has 3 nitrogen and oxygen atoms in total. The molecule has 0 aliphatic carbocycles. The van der Waals surface area contributed by atoms with E-state index in [0.717, 1.165) is 4.47 Å². The number of methoxy groups -OCH3 is 1. The molecule has 0 aliphatic heterocycles. The number of hydrogen-bond donors (Lipinski definition) is 1. The zero-order valence-corrected chi connectivity index (χ0v) is 9.80. The maximum absolute atomic E-state index is 11.1. The number of carbonyl (C=O) groups is 1. The number of nitrogens with two attached hydrogens (primary N) is 1. The lowest BCUT2D eigenvalue weighted by atomic mass is 10.1. The van der Waals surface area contributed by atoms with E-state index in [-0.39, 0.29) is 0 Å². The number of halogens is 2. The van der Waals surface area contributed by atoms with E-state index < -0.39 is 12.0 Å². The predicted molar refractivity (Wildman–Crippen MR) is 58.1 cm³/mol. The SMILES string of the molecule is COC(=O)C(N)c1cc(Cl)cc(Br)c1. The second-order valence-corrected chi connectivity index (χ2v) is 4.06. The molecular formula is C9H9BrClNO2. The van der Waals surface area contributed by atoms with Crippen molar-refractivity contribution in [1.29, 1.82) is 0 Å². The van der Waals surface area contributed by atoms with E-state index in [1.54, 1.807) is 18.2 Å². The van der Waals surface area contributed by atoms with Crippen LogP contribution in [0.3, 0.4) is 0 Å². The van der Waals surface area contributed by atoms with E-state index in [4.69, 9.17) is 17.3 Å².